The predicted octanol–water partition coefficient (Wildman–Crippen LogP) is 1.48. The Morgan fingerprint density at radius 3 is 2.29 bits per heavy atom. The van der Waals surface area contributed by atoms with Crippen molar-refractivity contribution < 1.29 is 4.52 Å². The molecule has 38 valence electrons. The Hall–Kier alpha value is -1.05. The minimum Gasteiger partial charge on any atom is -0.365 e. The lowest BCUT2D eigenvalue weighted by molar-refractivity contribution is 0.420. The molecule has 7 heavy (non-hydrogen) atoms. The third-order valence-electron chi connectivity index (χ3n) is 0.347. The lowest BCUT2D eigenvalue weighted by Crippen LogP contribution is -1.38. The zero-order chi connectivity index (χ0) is 5.54. The fourth-order valence-corrected chi connectivity index (χ4v) is 0.176. The summed E-state index contributed by atoms with van der Waals surface area (Å²) in [6, 6.07) is 1.72. The first-order valence-electron chi connectivity index (χ1n) is 1.84. The first-order chi connectivity index (χ1) is 3.50. The van der Waals surface area contributed by atoms with Gasteiger partial charge in [-0.15, -0.1) is 13.2 Å². The zero-order valence-corrected chi connectivity index (χ0v) is 4.00. The van der Waals surface area contributed by atoms with Gasteiger partial charge in [0.05, 0.1) is 6.20 Å². The molecule has 0 N–H and O–H groups in total. The Bertz CT molecular complexity index is 75.0. The second kappa shape index (κ2) is 4.95. The molecule has 0 aromatic carbocycles. The molecule has 2 heteroatoms. The summed E-state index contributed by atoms with van der Waals surface area (Å²) >= 11 is 0. The summed E-state index contributed by atoms with van der Waals surface area (Å²) in [6.45, 7) is 6.00. The van der Waals surface area contributed by atoms with E-state index in [0.29, 0.717) is 0 Å². The molecule has 1 aromatic rings. The monoisotopic (exact) mass is 97.1 g/mol. The normalized spacial score (nSPS) is 6.29. The van der Waals surface area contributed by atoms with Crippen LogP contribution >= 0.6 is 0 Å². The molecule has 2 nitrogen and oxygen atoms in total. The van der Waals surface area contributed by atoms with Crippen LogP contribution in [0.5, 0.6) is 0 Å². The van der Waals surface area contributed by atoms with E-state index in [-0.39, 0.29) is 0 Å². The van der Waals surface area contributed by atoms with Crippen LogP contribution in [0.4, 0.5) is 0 Å². The molecule has 0 aliphatic rings. The minimum atomic E-state index is 1.51. The predicted molar refractivity (Wildman–Crippen MR) is 27.8 cm³/mol. The third kappa shape index (κ3) is 2.76. The average molecular weight is 97.1 g/mol. The van der Waals surface area contributed by atoms with E-state index in [4.69, 9.17) is 0 Å². The van der Waals surface area contributed by atoms with Gasteiger partial charge in [-0.25, -0.2) is 0 Å². The molecule has 0 saturated carbocycles. The molecular weight excluding hydrogens is 90.1 g/mol. The van der Waals surface area contributed by atoms with Gasteiger partial charge in [-0.2, -0.15) is 0 Å². The van der Waals surface area contributed by atoms with E-state index in [2.05, 4.69) is 22.8 Å². The number of hydrogen-bond donors (Lipinski definition) is 0. The third-order valence-corrected chi connectivity index (χ3v) is 0.347. The van der Waals surface area contributed by atoms with Crippen molar-refractivity contribution in [2.24, 2.45) is 0 Å². The van der Waals surface area contributed by atoms with E-state index < -0.39 is 0 Å². The van der Waals surface area contributed by atoms with Gasteiger partial charge in [0.2, 0.25) is 0 Å². The van der Waals surface area contributed by atoms with Crippen molar-refractivity contribution in [2.75, 3.05) is 0 Å². The summed E-state index contributed by atoms with van der Waals surface area (Å²) in [4.78, 5) is 0. The molecule has 0 saturated heterocycles. The number of aromatic nitrogens is 1. The van der Waals surface area contributed by atoms with E-state index in [9.17, 15) is 0 Å². The molecule has 0 unspecified atom stereocenters. The van der Waals surface area contributed by atoms with Gasteiger partial charge in [-0.3, -0.25) is 0 Å². The highest BCUT2D eigenvalue weighted by Gasteiger charge is 1.60. The first kappa shape index (κ1) is 5.95. The molecular formula is C5H7NO. The van der Waals surface area contributed by atoms with Crippen molar-refractivity contribution in [1.29, 1.82) is 0 Å². The van der Waals surface area contributed by atoms with Gasteiger partial charge in [0.25, 0.3) is 0 Å². The van der Waals surface area contributed by atoms with Crippen LogP contribution in [-0.4, -0.2) is 5.16 Å². The smallest absolute Gasteiger partial charge is 0.123 e. The van der Waals surface area contributed by atoms with Crippen LogP contribution in [0.1, 0.15) is 0 Å². The van der Waals surface area contributed by atoms with Crippen molar-refractivity contribution in [1.82, 2.24) is 5.16 Å². The molecule has 1 heterocycles. The van der Waals surface area contributed by atoms with Gasteiger partial charge in [-0.05, 0) is 6.07 Å². The Morgan fingerprint density at radius 2 is 2.14 bits per heavy atom. The molecule has 0 amide bonds. The van der Waals surface area contributed by atoms with Crippen LogP contribution in [0.2, 0.25) is 0 Å². The molecule has 1 aromatic heterocycles. The Kier molecular flexibility index (Phi) is 4.21. The van der Waals surface area contributed by atoms with Crippen LogP contribution in [-0.2, 0) is 0 Å². The van der Waals surface area contributed by atoms with Crippen molar-refractivity contribution >= 4 is 0 Å². The Labute approximate surface area is 42.4 Å². The van der Waals surface area contributed by atoms with Crippen molar-refractivity contribution in [2.45, 2.75) is 0 Å². The van der Waals surface area contributed by atoms with E-state index in [0.717, 1.165) is 0 Å². The fraction of sp³-hybridized carbons (Fsp3) is 0. The van der Waals surface area contributed by atoms with E-state index in [1.165, 1.54) is 6.26 Å². The summed E-state index contributed by atoms with van der Waals surface area (Å²) in [7, 11) is 0. The molecule has 0 atom stereocenters. The van der Waals surface area contributed by atoms with E-state index in [1.54, 1.807) is 12.3 Å². The molecule has 1 rings (SSSR count). The summed E-state index contributed by atoms with van der Waals surface area (Å²) in [5.41, 5.74) is 0. The van der Waals surface area contributed by atoms with Crippen LogP contribution < -0.4 is 0 Å². The largest absolute Gasteiger partial charge is 0.365 e. The molecule has 0 aliphatic heterocycles. The zero-order valence-electron chi connectivity index (χ0n) is 4.00. The Balaban J connectivity index is 0.000000162. The first-order valence-corrected chi connectivity index (χ1v) is 1.84. The van der Waals surface area contributed by atoms with Crippen LogP contribution in [0.25, 0.3) is 0 Å². The summed E-state index contributed by atoms with van der Waals surface area (Å²) < 4.78 is 4.33. The van der Waals surface area contributed by atoms with Crippen molar-refractivity contribution in [3.8, 4) is 0 Å². The van der Waals surface area contributed by atoms with Gasteiger partial charge in [-0.1, -0.05) is 5.16 Å². The SMILES string of the molecule is C=C.c1cnoc1. The van der Waals surface area contributed by atoms with Gasteiger partial charge in [0, 0.05) is 0 Å². The topological polar surface area (TPSA) is 26.0 Å². The standard InChI is InChI=1S/C3H3NO.C2H4/c1-2-4-5-3-1;1-2/h1-3H;1-2H2. The average Bonchev–Trinajstić information content (AvgIpc) is 2.23. The molecule has 0 bridgehead atoms. The maximum atomic E-state index is 4.33. The molecule has 0 radical (unpaired) electrons. The van der Waals surface area contributed by atoms with Crippen LogP contribution in [0.15, 0.2) is 36.2 Å². The highest BCUT2D eigenvalue weighted by atomic mass is 16.5. The van der Waals surface area contributed by atoms with Gasteiger partial charge < -0.3 is 4.52 Å². The second-order valence-electron chi connectivity index (χ2n) is 0.688. The summed E-state index contributed by atoms with van der Waals surface area (Å²) in [5, 5.41) is 3.35. The summed E-state index contributed by atoms with van der Waals surface area (Å²) in [5.74, 6) is 0. The van der Waals surface area contributed by atoms with Crippen LogP contribution in [0, 0.1) is 0 Å². The van der Waals surface area contributed by atoms with Crippen molar-refractivity contribution in [3.63, 3.8) is 0 Å². The van der Waals surface area contributed by atoms with Gasteiger partial charge in [0.15, 0.2) is 0 Å². The quantitative estimate of drug-likeness (QED) is 0.458. The number of nitrogens with zero attached hydrogens (tertiary/aromatic N) is 1. The lowest BCUT2D eigenvalue weighted by Gasteiger charge is -1.48. The number of rotatable bonds is 0. The highest BCUT2D eigenvalue weighted by Crippen LogP contribution is 1.72. The molecule has 0 spiro atoms. The maximum absolute atomic E-state index is 4.33. The second-order valence-corrected chi connectivity index (χ2v) is 0.688. The van der Waals surface area contributed by atoms with Gasteiger partial charge >= 0.3 is 0 Å². The van der Waals surface area contributed by atoms with E-state index >= 15 is 0 Å². The lowest BCUT2D eigenvalue weighted by atomic mass is 10.8. The highest BCUT2D eigenvalue weighted by molar-refractivity contribution is 4.67. The number of hydrogen-bond acceptors (Lipinski definition) is 2. The van der Waals surface area contributed by atoms with Gasteiger partial charge in [0.1, 0.15) is 6.26 Å². The molecule has 0 aliphatic carbocycles. The molecule has 0 fully saturated rings. The van der Waals surface area contributed by atoms with Crippen LogP contribution in [0.3, 0.4) is 0 Å². The van der Waals surface area contributed by atoms with Crippen molar-refractivity contribution in [3.05, 3.63) is 31.7 Å². The Morgan fingerprint density at radius 1 is 1.43 bits per heavy atom. The summed E-state index contributed by atoms with van der Waals surface area (Å²) in [6.07, 6.45) is 3.10. The minimum absolute atomic E-state index is 1.51. The van der Waals surface area contributed by atoms with E-state index in [1.807, 2.05) is 0 Å². The maximum Gasteiger partial charge on any atom is 0.123 e. The fourth-order valence-electron chi connectivity index (χ4n) is 0.176.